The van der Waals surface area contributed by atoms with Gasteiger partial charge in [0.25, 0.3) is 11.5 Å². The summed E-state index contributed by atoms with van der Waals surface area (Å²) in [6, 6.07) is 12.5. The Bertz CT molecular complexity index is 1050. The molecule has 8 nitrogen and oxygen atoms in total. The third-order valence-electron chi connectivity index (χ3n) is 4.70. The van der Waals surface area contributed by atoms with Crippen molar-refractivity contribution < 1.29 is 9.53 Å². The first kappa shape index (κ1) is 18.0. The average molecular weight is 379 g/mol. The van der Waals surface area contributed by atoms with E-state index in [1.165, 1.54) is 10.7 Å². The number of hydrogen-bond donors (Lipinski definition) is 2. The summed E-state index contributed by atoms with van der Waals surface area (Å²) in [5.41, 5.74) is 2.54. The van der Waals surface area contributed by atoms with E-state index in [2.05, 4.69) is 20.6 Å². The second-order valence-electron chi connectivity index (χ2n) is 6.72. The molecule has 4 rings (SSSR count). The van der Waals surface area contributed by atoms with Gasteiger partial charge in [0.1, 0.15) is 11.4 Å². The van der Waals surface area contributed by atoms with Crippen molar-refractivity contribution in [1.29, 1.82) is 0 Å². The van der Waals surface area contributed by atoms with Crippen LogP contribution in [0.2, 0.25) is 0 Å². The highest BCUT2D eigenvalue weighted by atomic mass is 16.5. The van der Waals surface area contributed by atoms with Crippen LogP contribution in [0.5, 0.6) is 5.75 Å². The van der Waals surface area contributed by atoms with Crippen molar-refractivity contribution in [1.82, 2.24) is 25.3 Å². The molecule has 1 saturated carbocycles. The van der Waals surface area contributed by atoms with E-state index in [9.17, 15) is 9.59 Å². The number of methoxy groups -OCH3 is 1. The maximum atomic E-state index is 12.4. The highest BCUT2D eigenvalue weighted by Crippen LogP contribution is 2.38. The van der Waals surface area contributed by atoms with Crippen molar-refractivity contribution in [3.05, 3.63) is 64.2 Å². The molecule has 0 spiro atoms. The zero-order valence-corrected chi connectivity index (χ0v) is 15.5. The first-order chi connectivity index (χ1) is 13.7. The first-order valence-corrected chi connectivity index (χ1v) is 9.21. The summed E-state index contributed by atoms with van der Waals surface area (Å²) in [7, 11) is 1.59. The highest BCUT2D eigenvalue weighted by Gasteiger charge is 2.25. The summed E-state index contributed by atoms with van der Waals surface area (Å²) in [6.45, 7) is 0.613. The van der Waals surface area contributed by atoms with E-state index in [-0.39, 0.29) is 11.5 Å². The van der Waals surface area contributed by atoms with Crippen LogP contribution in [0.3, 0.4) is 0 Å². The largest absolute Gasteiger partial charge is 0.496 e. The number of carbonyl (C=O) groups is 1. The molecule has 3 aromatic rings. The lowest BCUT2D eigenvalue weighted by atomic mass is 10.1. The lowest BCUT2D eigenvalue weighted by Gasteiger charge is -2.07. The van der Waals surface area contributed by atoms with Crippen molar-refractivity contribution in [3.8, 4) is 17.0 Å². The van der Waals surface area contributed by atoms with Gasteiger partial charge in [-0.15, -0.1) is 0 Å². The maximum absolute atomic E-state index is 12.4. The number of rotatable bonds is 7. The standard InChI is InChI=1S/C20H21N5O3/c1-28-18-5-3-2-4-14(18)16-12-17(23-22-16)20(27)21-10-11-25-19(26)9-8-15(24-25)13-6-7-13/h2-5,8-9,12-13H,6-7,10-11H2,1H3,(H,21,27)(H,22,23). The SMILES string of the molecule is COc1ccccc1-c1cc(C(=O)NCCn2nc(C3CC3)ccc2=O)[nH]n1. The Hall–Kier alpha value is -3.42. The summed E-state index contributed by atoms with van der Waals surface area (Å²) in [4.78, 5) is 24.3. The second-order valence-corrected chi connectivity index (χ2v) is 6.72. The molecule has 2 heterocycles. The predicted molar refractivity (Wildman–Crippen MR) is 103 cm³/mol. The molecule has 1 aromatic carbocycles. The Morgan fingerprint density at radius 2 is 2.11 bits per heavy atom. The molecule has 0 unspecified atom stereocenters. The molecule has 1 aliphatic rings. The quantitative estimate of drug-likeness (QED) is 0.653. The zero-order valence-electron chi connectivity index (χ0n) is 15.5. The number of aromatic amines is 1. The number of amides is 1. The molecule has 0 saturated heterocycles. The van der Waals surface area contributed by atoms with Crippen LogP contribution >= 0.6 is 0 Å². The molecule has 0 radical (unpaired) electrons. The minimum absolute atomic E-state index is 0.168. The Morgan fingerprint density at radius 1 is 1.29 bits per heavy atom. The van der Waals surface area contributed by atoms with E-state index < -0.39 is 0 Å². The summed E-state index contributed by atoms with van der Waals surface area (Å²) < 4.78 is 6.74. The van der Waals surface area contributed by atoms with Crippen LogP contribution in [-0.4, -0.2) is 39.5 Å². The van der Waals surface area contributed by atoms with Crippen LogP contribution in [0.15, 0.2) is 47.3 Å². The van der Waals surface area contributed by atoms with Gasteiger partial charge in [-0.3, -0.25) is 14.7 Å². The smallest absolute Gasteiger partial charge is 0.269 e. The van der Waals surface area contributed by atoms with Gasteiger partial charge in [0.05, 0.1) is 25.0 Å². The number of para-hydroxylation sites is 1. The van der Waals surface area contributed by atoms with E-state index in [0.717, 1.165) is 24.1 Å². The number of nitrogens with zero attached hydrogens (tertiary/aromatic N) is 3. The molecule has 2 N–H and O–H groups in total. The highest BCUT2D eigenvalue weighted by molar-refractivity contribution is 5.93. The number of benzene rings is 1. The van der Waals surface area contributed by atoms with Gasteiger partial charge in [0.2, 0.25) is 0 Å². The van der Waals surface area contributed by atoms with Crippen LogP contribution in [0, 0.1) is 0 Å². The second kappa shape index (κ2) is 7.67. The summed E-state index contributed by atoms with van der Waals surface area (Å²) >= 11 is 0. The number of hydrogen-bond acceptors (Lipinski definition) is 5. The van der Waals surface area contributed by atoms with Crippen LogP contribution in [0.25, 0.3) is 11.3 Å². The van der Waals surface area contributed by atoms with Crippen molar-refractivity contribution in [3.63, 3.8) is 0 Å². The normalized spacial score (nSPS) is 13.3. The minimum Gasteiger partial charge on any atom is -0.496 e. The lowest BCUT2D eigenvalue weighted by molar-refractivity contribution is 0.0946. The van der Waals surface area contributed by atoms with E-state index in [4.69, 9.17) is 4.74 Å². The van der Waals surface area contributed by atoms with Crippen molar-refractivity contribution in [2.75, 3.05) is 13.7 Å². The summed E-state index contributed by atoms with van der Waals surface area (Å²) in [5, 5.41) is 14.1. The van der Waals surface area contributed by atoms with Gasteiger partial charge in [-0.25, -0.2) is 4.68 Å². The van der Waals surface area contributed by atoms with E-state index >= 15 is 0 Å². The maximum Gasteiger partial charge on any atom is 0.269 e. The molecule has 2 aromatic heterocycles. The molecule has 0 aliphatic heterocycles. The zero-order chi connectivity index (χ0) is 19.5. The van der Waals surface area contributed by atoms with Gasteiger partial charge in [-0.05, 0) is 37.1 Å². The van der Waals surface area contributed by atoms with Gasteiger partial charge in [0, 0.05) is 24.1 Å². The third kappa shape index (κ3) is 3.80. The number of ether oxygens (including phenoxy) is 1. The van der Waals surface area contributed by atoms with Crippen LogP contribution in [0.1, 0.15) is 34.9 Å². The van der Waals surface area contributed by atoms with Crippen LogP contribution < -0.4 is 15.6 Å². The summed E-state index contributed by atoms with van der Waals surface area (Å²) in [5.74, 6) is 0.863. The van der Waals surface area contributed by atoms with Crippen molar-refractivity contribution in [2.45, 2.75) is 25.3 Å². The van der Waals surface area contributed by atoms with Crippen molar-refractivity contribution in [2.24, 2.45) is 0 Å². The number of H-pyrrole nitrogens is 1. The fourth-order valence-corrected chi connectivity index (χ4v) is 3.02. The molecule has 0 bridgehead atoms. The Kier molecular flexibility index (Phi) is 4.92. The van der Waals surface area contributed by atoms with E-state index in [1.807, 2.05) is 24.3 Å². The molecule has 144 valence electrons. The van der Waals surface area contributed by atoms with Gasteiger partial charge >= 0.3 is 0 Å². The summed E-state index contributed by atoms with van der Waals surface area (Å²) in [6.07, 6.45) is 2.24. The van der Waals surface area contributed by atoms with E-state index in [1.54, 1.807) is 19.2 Å². The van der Waals surface area contributed by atoms with Crippen LogP contribution in [-0.2, 0) is 6.54 Å². The van der Waals surface area contributed by atoms with Crippen LogP contribution in [0.4, 0.5) is 0 Å². The molecule has 0 atom stereocenters. The van der Waals surface area contributed by atoms with Gasteiger partial charge in [0.15, 0.2) is 0 Å². The lowest BCUT2D eigenvalue weighted by Crippen LogP contribution is -2.32. The number of aromatic nitrogens is 4. The topological polar surface area (TPSA) is 102 Å². The molecule has 28 heavy (non-hydrogen) atoms. The molecule has 1 aliphatic carbocycles. The number of nitrogens with one attached hydrogen (secondary N) is 2. The molecule has 1 fully saturated rings. The predicted octanol–water partition coefficient (Wildman–Crippen LogP) is 1.95. The average Bonchev–Trinajstić information content (AvgIpc) is 3.45. The monoisotopic (exact) mass is 379 g/mol. The van der Waals surface area contributed by atoms with Gasteiger partial charge in [-0.2, -0.15) is 10.2 Å². The fourth-order valence-electron chi connectivity index (χ4n) is 3.02. The van der Waals surface area contributed by atoms with Gasteiger partial charge in [-0.1, -0.05) is 12.1 Å². The first-order valence-electron chi connectivity index (χ1n) is 9.21. The minimum atomic E-state index is -0.292. The molecular formula is C20H21N5O3. The third-order valence-corrected chi connectivity index (χ3v) is 4.70. The van der Waals surface area contributed by atoms with E-state index in [0.29, 0.717) is 36.1 Å². The Morgan fingerprint density at radius 3 is 2.89 bits per heavy atom. The Labute approximate surface area is 161 Å². The molecular weight excluding hydrogens is 358 g/mol. The molecule has 8 heteroatoms. The number of carbonyl (C=O) groups excluding carboxylic acids is 1. The molecule has 1 amide bonds. The van der Waals surface area contributed by atoms with Gasteiger partial charge < -0.3 is 10.1 Å². The Balaban J connectivity index is 1.39. The fraction of sp³-hybridized carbons (Fsp3) is 0.300. The van der Waals surface area contributed by atoms with Crippen molar-refractivity contribution >= 4 is 5.91 Å².